The lowest BCUT2D eigenvalue weighted by molar-refractivity contribution is -0.127. The van der Waals surface area contributed by atoms with Crippen LogP contribution < -0.4 is 10.6 Å². The first-order chi connectivity index (χ1) is 10.1. The standard InChI is InChI=1S/C17H36N2O3/c1-14(2)17(5,6)16(3,4)13-19-15(20)12-22-11-10-21-9-8-18-7/h14,18H,8-13H2,1-7H3,(H,19,20). The molecule has 22 heavy (non-hydrogen) atoms. The molecular weight excluding hydrogens is 280 g/mol. The van der Waals surface area contributed by atoms with Gasteiger partial charge in [-0.15, -0.1) is 0 Å². The summed E-state index contributed by atoms with van der Waals surface area (Å²) < 4.78 is 10.6. The van der Waals surface area contributed by atoms with Crippen molar-refractivity contribution in [2.75, 3.05) is 46.6 Å². The Labute approximate surface area is 136 Å². The number of nitrogens with one attached hydrogen (secondary N) is 2. The second kappa shape index (κ2) is 10.2. The predicted octanol–water partition coefficient (Wildman–Crippen LogP) is 2.06. The minimum Gasteiger partial charge on any atom is -0.378 e. The lowest BCUT2D eigenvalue weighted by Crippen LogP contribution is -2.46. The first-order valence-electron chi connectivity index (χ1n) is 8.22. The number of likely N-dealkylation sites (N-methyl/N-ethyl adjacent to an activating group) is 1. The normalized spacial score (nSPS) is 12.7. The van der Waals surface area contributed by atoms with Crippen molar-refractivity contribution in [3.8, 4) is 0 Å². The quantitative estimate of drug-likeness (QED) is 0.541. The summed E-state index contributed by atoms with van der Waals surface area (Å²) >= 11 is 0. The third kappa shape index (κ3) is 7.56. The van der Waals surface area contributed by atoms with Crippen molar-refractivity contribution in [2.24, 2.45) is 16.7 Å². The lowest BCUT2D eigenvalue weighted by Gasteiger charge is -2.45. The van der Waals surface area contributed by atoms with Gasteiger partial charge in [-0.05, 0) is 23.8 Å². The Kier molecular flexibility index (Phi) is 9.89. The molecule has 132 valence electrons. The maximum Gasteiger partial charge on any atom is 0.246 e. The summed E-state index contributed by atoms with van der Waals surface area (Å²) in [5, 5.41) is 5.98. The fraction of sp³-hybridized carbons (Fsp3) is 0.941. The van der Waals surface area contributed by atoms with Gasteiger partial charge < -0.3 is 20.1 Å². The average molecular weight is 316 g/mol. The molecule has 2 N–H and O–H groups in total. The fourth-order valence-electron chi connectivity index (χ4n) is 1.94. The highest BCUT2D eigenvalue weighted by Gasteiger charge is 2.39. The zero-order valence-electron chi connectivity index (χ0n) is 15.5. The van der Waals surface area contributed by atoms with E-state index in [1.54, 1.807) is 0 Å². The predicted molar refractivity (Wildman–Crippen MR) is 91.0 cm³/mol. The molecule has 0 aliphatic heterocycles. The van der Waals surface area contributed by atoms with E-state index in [0.29, 0.717) is 32.3 Å². The van der Waals surface area contributed by atoms with Crippen LogP contribution in [0.1, 0.15) is 41.5 Å². The third-order valence-corrected chi connectivity index (χ3v) is 5.02. The number of hydrogen-bond acceptors (Lipinski definition) is 4. The van der Waals surface area contributed by atoms with Gasteiger partial charge >= 0.3 is 0 Å². The van der Waals surface area contributed by atoms with Crippen LogP contribution in [-0.2, 0) is 14.3 Å². The number of carbonyl (C=O) groups excluding carboxylic acids is 1. The minimum absolute atomic E-state index is 0.0209. The molecule has 0 atom stereocenters. The first-order valence-corrected chi connectivity index (χ1v) is 8.22. The number of ether oxygens (including phenoxy) is 2. The van der Waals surface area contributed by atoms with Crippen LogP contribution in [-0.4, -0.2) is 52.5 Å². The van der Waals surface area contributed by atoms with E-state index in [2.05, 4.69) is 52.2 Å². The molecule has 0 saturated heterocycles. The summed E-state index contributed by atoms with van der Waals surface area (Å²) in [6.45, 7) is 16.5. The van der Waals surface area contributed by atoms with Crippen molar-refractivity contribution < 1.29 is 14.3 Å². The van der Waals surface area contributed by atoms with Crippen LogP contribution in [0.5, 0.6) is 0 Å². The summed E-state index contributed by atoms with van der Waals surface area (Å²) in [7, 11) is 1.88. The Hall–Kier alpha value is -0.650. The Morgan fingerprint density at radius 1 is 1.05 bits per heavy atom. The largest absolute Gasteiger partial charge is 0.378 e. The molecule has 0 aliphatic carbocycles. The molecule has 5 nitrogen and oxygen atoms in total. The summed E-state index contributed by atoms with van der Waals surface area (Å²) in [5.41, 5.74) is 0.162. The number of hydrogen-bond donors (Lipinski definition) is 2. The topological polar surface area (TPSA) is 59.6 Å². The number of rotatable bonds is 12. The molecule has 0 saturated carbocycles. The van der Waals surface area contributed by atoms with Crippen molar-refractivity contribution >= 4 is 5.91 Å². The van der Waals surface area contributed by atoms with Gasteiger partial charge in [0.2, 0.25) is 5.91 Å². The van der Waals surface area contributed by atoms with Crippen LogP contribution in [0.15, 0.2) is 0 Å². The highest BCUT2D eigenvalue weighted by Crippen LogP contribution is 2.43. The van der Waals surface area contributed by atoms with Gasteiger partial charge in [-0.2, -0.15) is 0 Å². The Morgan fingerprint density at radius 3 is 2.18 bits per heavy atom. The van der Waals surface area contributed by atoms with Crippen LogP contribution in [0.2, 0.25) is 0 Å². The smallest absolute Gasteiger partial charge is 0.246 e. The molecule has 0 aromatic heterocycles. The minimum atomic E-state index is -0.0668. The summed E-state index contributed by atoms with van der Waals surface area (Å²) in [4.78, 5) is 11.8. The van der Waals surface area contributed by atoms with Crippen LogP contribution in [0.25, 0.3) is 0 Å². The van der Waals surface area contributed by atoms with Crippen molar-refractivity contribution in [3.63, 3.8) is 0 Å². The molecule has 0 aliphatic rings. The third-order valence-electron chi connectivity index (χ3n) is 5.02. The fourth-order valence-corrected chi connectivity index (χ4v) is 1.94. The highest BCUT2D eigenvalue weighted by atomic mass is 16.5. The molecule has 0 bridgehead atoms. The van der Waals surface area contributed by atoms with Gasteiger partial charge in [-0.3, -0.25) is 4.79 Å². The second-order valence-corrected chi connectivity index (χ2v) is 7.31. The van der Waals surface area contributed by atoms with Gasteiger partial charge in [0.1, 0.15) is 6.61 Å². The van der Waals surface area contributed by atoms with Crippen LogP contribution >= 0.6 is 0 Å². The maximum atomic E-state index is 11.8. The summed E-state index contributed by atoms with van der Waals surface area (Å²) in [6, 6.07) is 0. The van der Waals surface area contributed by atoms with Crippen LogP contribution in [0.3, 0.4) is 0 Å². The molecule has 0 aromatic carbocycles. The molecule has 0 rings (SSSR count). The van der Waals surface area contributed by atoms with Gasteiger partial charge in [0.05, 0.1) is 19.8 Å². The van der Waals surface area contributed by atoms with Crippen LogP contribution in [0.4, 0.5) is 0 Å². The second-order valence-electron chi connectivity index (χ2n) is 7.31. The molecule has 1 amide bonds. The van der Waals surface area contributed by atoms with E-state index in [9.17, 15) is 4.79 Å². The molecular formula is C17H36N2O3. The Balaban J connectivity index is 3.90. The van der Waals surface area contributed by atoms with Gasteiger partial charge in [0, 0.05) is 13.1 Å². The van der Waals surface area contributed by atoms with Crippen molar-refractivity contribution in [1.29, 1.82) is 0 Å². The molecule has 0 aromatic rings. The van der Waals surface area contributed by atoms with E-state index in [4.69, 9.17) is 9.47 Å². The SMILES string of the molecule is CNCCOCCOCC(=O)NCC(C)(C)C(C)(C)C(C)C. The van der Waals surface area contributed by atoms with E-state index in [1.807, 2.05) is 7.05 Å². The van der Waals surface area contributed by atoms with Crippen molar-refractivity contribution in [1.82, 2.24) is 10.6 Å². The monoisotopic (exact) mass is 316 g/mol. The van der Waals surface area contributed by atoms with Gasteiger partial charge in [0.15, 0.2) is 0 Å². The molecule has 0 fully saturated rings. The van der Waals surface area contributed by atoms with Crippen molar-refractivity contribution in [3.05, 3.63) is 0 Å². The van der Waals surface area contributed by atoms with Crippen molar-refractivity contribution in [2.45, 2.75) is 41.5 Å². The molecule has 5 heteroatoms. The summed E-state index contributed by atoms with van der Waals surface area (Å²) in [5.74, 6) is 0.480. The van der Waals surface area contributed by atoms with E-state index in [1.165, 1.54) is 0 Å². The van der Waals surface area contributed by atoms with E-state index in [-0.39, 0.29) is 23.3 Å². The lowest BCUT2D eigenvalue weighted by atomic mass is 9.62. The molecule has 0 spiro atoms. The van der Waals surface area contributed by atoms with E-state index in [0.717, 1.165) is 6.54 Å². The van der Waals surface area contributed by atoms with Gasteiger partial charge in [-0.1, -0.05) is 41.5 Å². The molecule has 0 radical (unpaired) electrons. The van der Waals surface area contributed by atoms with E-state index >= 15 is 0 Å². The number of amides is 1. The van der Waals surface area contributed by atoms with Crippen LogP contribution in [0, 0.1) is 16.7 Å². The van der Waals surface area contributed by atoms with E-state index < -0.39 is 0 Å². The maximum absolute atomic E-state index is 11.8. The highest BCUT2D eigenvalue weighted by molar-refractivity contribution is 5.77. The molecule has 0 unspecified atom stereocenters. The number of carbonyl (C=O) groups is 1. The zero-order chi connectivity index (χ0) is 17.2. The summed E-state index contributed by atoms with van der Waals surface area (Å²) in [6.07, 6.45) is 0. The molecule has 0 heterocycles. The van der Waals surface area contributed by atoms with Gasteiger partial charge in [0.25, 0.3) is 0 Å². The Bertz CT molecular complexity index is 315. The zero-order valence-corrected chi connectivity index (χ0v) is 15.5. The Morgan fingerprint density at radius 2 is 1.64 bits per heavy atom. The average Bonchev–Trinajstić information content (AvgIpc) is 2.44. The van der Waals surface area contributed by atoms with Gasteiger partial charge in [-0.25, -0.2) is 0 Å². The first kappa shape index (κ1) is 21.4.